The first-order valence-electron chi connectivity index (χ1n) is 9.36. The van der Waals surface area contributed by atoms with Crippen molar-refractivity contribution in [3.05, 3.63) is 51.9 Å². The smallest absolute Gasteiger partial charge is 0.341 e. The second-order valence-corrected chi connectivity index (χ2v) is 7.63. The Bertz CT molecular complexity index is 874. The zero-order valence-electron chi connectivity index (χ0n) is 15.9. The second kappa shape index (κ2) is 9.01. The average Bonchev–Trinajstić information content (AvgIpc) is 3.04. The van der Waals surface area contributed by atoms with E-state index >= 15 is 0 Å². The molecule has 0 saturated heterocycles. The molecule has 6 nitrogen and oxygen atoms in total. The van der Waals surface area contributed by atoms with Gasteiger partial charge < -0.3 is 14.8 Å². The molecule has 1 atom stereocenters. The fourth-order valence-electron chi connectivity index (χ4n) is 3.32. The van der Waals surface area contributed by atoms with E-state index in [2.05, 4.69) is 5.32 Å². The quantitative estimate of drug-likeness (QED) is 0.739. The van der Waals surface area contributed by atoms with Gasteiger partial charge in [0.2, 0.25) is 6.10 Å². The largest absolute Gasteiger partial charge is 0.462 e. The van der Waals surface area contributed by atoms with Crippen LogP contribution in [0.1, 0.15) is 59.2 Å². The highest BCUT2D eigenvalue weighted by Gasteiger charge is 2.30. The minimum atomic E-state index is -1.09. The van der Waals surface area contributed by atoms with E-state index < -0.39 is 23.9 Å². The average molecular weight is 401 g/mol. The summed E-state index contributed by atoms with van der Waals surface area (Å²) in [7, 11) is 0. The van der Waals surface area contributed by atoms with Gasteiger partial charge in [0.25, 0.3) is 5.91 Å². The molecule has 1 heterocycles. The van der Waals surface area contributed by atoms with Crippen LogP contribution in [0.5, 0.6) is 0 Å². The lowest BCUT2D eigenvalue weighted by atomic mass is 9.95. The van der Waals surface area contributed by atoms with Gasteiger partial charge in [-0.15, -0.1) is 11.3 Å². The minimum absolute atomic E-state index is 0.261. The SMILES string of the molecule is CCOC(=O)c1c(NC(=O)[C@H](OC(C)=O)c2ccccc2)sc2c1CCCC2. The van der Waals surface area contributed by atoms with E-state index in [0.29, 0.717) is 16.1 Å². The first kappa shape index (κ1) is 20.1. The first-order chi connectivity index (χ1) is 13.5. The number of rotatable bonds is 6. The van der Waals surface area contributed by atoms with Crippen LogP contribution in [0, 0.1) is 0 Å². The maximum atomic E-state index is 13.0. The van der Waals surface area contributed by atoms with Crippen LogP contribution in [0.3, 0.4) is 0 Å². The molecule has 1 aromatic carbocycles. The maximum Gasteiger partial charge on any atom is 0.341 e. The van der Waals surface area contributed by atoms with Gasteiger partial charge in [0.1, 0.15) is 5.00 Å². The Morgan fingerprint density at radius 3 is 2.54 bits per heavy atom. The summed E-state index contributed by atoms with van der Waals surface area (Å²) in [6, 6.07) is 8.80. The van der Waals surface area contributed by atoms with Crippen molar-refractivity contribution in [1.82, 2.24) is 0 Å². The molecule has 0 fully saturated rings. The number of hydrogen-bond donors (Lipinski definition) is 1. The molecule has 1 aliphatic carbocycles. The van der Waals surface area contributed by atoms with Crippen LogP contribution in [0.4, 0.5) is 5.00 Å². The Labute approximate surface area is 167 Å². The zero-order valence-corrected chi connectivity index (χ0v) is 16.8. The van der Waals surface area contributed by atoms with Crippen LogP contribution >= 0.6 is 11.3 Å². The molecule has 3 rings (SSSR count). The van der Waals surface area contributed by atoms with Gasteiger partial charge in [-0.1, -0.05) is 30.3 Å². The summed E-state index contributed by atoms with van der Waals surface area (Å²) >= 11 is 1.40. The van der Waals surface area contributed by atoms with Gasteiger partial charge in [0.15, 0.2) is 0 Å². The lowest BCUT2D eigenvalue weighted by Crippen LogP contribution is -2.25. The third kappa shape index (κ3) is 4.42. The predicted octanol–water partition coefficient (Wildman–Crippen LogP) is 4.05. The molecular formula is C21H23NO5S. The number of thiophene rings is 1. The standard InChI is InChI=1S/C21H23NO5S/c1-3-26-21(25)17-15-11-7-8-12-16(15)28-20(17)22-19(24)18(27-13(2)23)14-9-5-4-6-10-14/h4-6,9-10,18H,3,7-8,11-12H2,1-2H3,(H,22,24)/t18-/m1/s1. The maximum absolute atomic E-state index is 13.0. The van der Waals surface area contributed by atoms with Crippen LogP contribution in [0.2, 0.25) is 0 Å². The number of nitrogens with one attached hydrogen (secondary N) is 1. The first-order valence-corrected chi connectivity index (χ1v) is 10.2. The minimum Gasteiger partial charge on any atom is -0.462 e. The number of aryl methyl sites for hydroxylation is 1. The van der Waals surface area contributed by atoms with Crippen molar-refractivity contribution in [2.45, 2.75) is 45.6 Å². The Morgan fingerprint density at radius 1 is 1.14 bits per heavy atom. The van der Waals surface area contributed by atoms with Gasteiger partial charge in [-0.2, -0.15) is 0 Å². The topological polar surface area (TPSA) is 81.7 Å². The normalized spacial score (nSPS) is 13.9. The highest BCUT2D eigenvalue weighted by atomic mass is 32.1. The van der Waals surface area contributed by atoms with E-state index in [0.717, 1.165) is 36.1 Å². The summed E-state index contributed by atoms with van der Waals surface area (Å²) in [5, 5.41) is 3.27. The van der Waals surface area contributed by atoms with Gasteiger partial charge in [0, 0.05) is 17.4 Å². The molecule has 0 bridgehead atoms. The van der Waals surface area contributed by atoms with Crippen molar-refractivity contribution in [2.75, 3.05) is 11.9 Å². The van der Waals surface area contributed by atoms with Crippen LogP contribution < -0.4 is 5.32 Å². The number of ether oxygens (including phenoxy) is 2. The van der Waals surface area contributed by atoms with Crippen LogP contribution in [-0.2, 0) is 31.9 Å². The summed E-state index contributed by atoms with van der Waals surface area (Å²) in [4.78, 5) is 38.1. The third-order valence-electron chi connectivity index (χ3n) is 4.51. The fourth-order valence-corrected chi connectivity index (χ4v) is 4.60. The number of benzene rings is 1. The Morgan fingerprint density at radius 2 is 1.86 bits per heavy atom. The Balaban J connectivity index is 1.92. The van der Waals surface area contributed by atoms with E-state index in [1.54, 1.807) is 31.2 Å². The summed E-state index contributed by atoms with van der Waals surface area (Å²) in [6.07, 6.45) is 2.65. The lowest BCUT2D eigenvalue weighted by molar-refractivity contribution is -0.152. The zero-order chi connectivity index (χ0) is 20.1. The van der Waals surface area contributed by atoms with Crippen LogP contribution in [0.15, 0.2) is 30.3 Å². The molecule has 1 aliphatic rings. The monoisotopic (exact) mass is 401 g/mol. The van der Waals surface area contributed by atoms with Crippen molar-refractivity contribution in [3.63, 3.8) is 0 Å². The van der Waals surface area contributed by atoms with Gasteiger partial charge in [0.05, 0.1) is 12.2 Å². The van der Waals surface area contributed by atoms with E-state index in [4.69, 9.17) is 9.47 Å². The molecule has 7 heteroatoms. The number of fused-ring (bicyclic) bond motifs is 1. The number of hydrogen-bond acceptors (Lipinski definition) is 6. The molecule has 0 radical (unpaired) electrons. The van der Waals surface area contributed by atoms with Crippen LogP contribution in [-0.4, -0.2) is 24.5 Å². The van der Waals surface area contributed by atoms with E-state index in [1.807, 2.05) is 6.07 Å². The Kier molecular flexibility index (Phi) is 6.46. The van der Waals surface area contributed by atoms with E-state index in [9.17, 15) is 14.4 Å². The highest BCUT2D eigenvalue weighted by molar-refractivity contribution is 7.17. The molecule has 2 aromatic rings. The number of anilines is 1. The molecule has 148 valence electrons. The lowest BCUT2D eigenvalue weighted by Gasteiger charge is -2.17. The van der Waals surface area contributed by atoms with Crippen molar-refractivity contribution >= 4 is 34.2 Å². The molecule has 0 spiro atoms. The van der Waals surface area contributed by atoms with Crippen molar-refractivity contribution in [2.24, 2.45) is 0 Å². The molecule has 1 aromatic heterocycles. The highest BCUT2D eigenvalue weighted by Crippen LogP contribution is 2.39. The molecule has 0 saturated carbocycles. The summed E-state index contributed by atoms with van der Waals surface area (Å²) < 4.78 is 10.5. The van der Waals surface area contributed by atoms with Gasteiger partial charge in [-0.25, -0.2) is 4.79 Å². The number of esters is 2. The number of carbonyl (C=O) groups excluding carboxylic acids is 3. The molecule has 0 aliphatic heterocycles. The van der Waals surface area contributed by atoms with Gasteiger partial charge in [-0.3, -0.25) is 9.59 Å². The van der Waals surface area contributed by atoms with Crippen molar-refractivity contribution in [1.29, 1.82) is 0 Å². The molecule has 28 heavy (non-hydrogen) atoms. The number of amides is 1. The van der Waals surface area contributed by atoms with E-state index in [1.165, 1.54) is 18.3 Å². The molecule has 1 N–H and O–H groups in total. The predicted molar refractivity (Wildman–Crippen MR) is 106 cm³/mol. The van der Waals surface area contributed by atoms with E-state index in [-0.39, 0.29) is 6.61 Å². The molecule has 1 amide bonds. The summed E-state index contributed by atoms with van der Waals surface area (Å²) in [6.45, 7) is 3.27. The van der Waals surface area contributed by atoms with Gasteiger partial charge >= 0.3 is 11.9 Å². The summed E-state index contributed by atoms with van der Waals surface area (Å²) in [5.41, 5.74) is 1.97. The fraction of sp³-hybridized carbons (Fsp3) is 0.381. The van der Waals surface area contributed by atoms with Crippen molar-refractivity contribution < 1.29 is 23.9 Å². The third-order valence-corrected chi connectivity index (χ3v) is 5.72. The van der Waals surface area contributed by atoms with Crippen LogP contribution in [0.25, 0.3) is 0 Å². The second-order valence-electron chi connectivity index (χ2n) is 6.52. The molecule has 0 unspecified atom stereocenters. The summed E-state index contributed by atoms with van der Waals surface area (Å²) in [5.74, 6) is -1.48. The molecular weight excluding hydrogens is 378 g/mol. The Hall–Kier alpha value is -2.67. The van der Waals surface area contributed by atoms with Crippen molar-refractivity contribution in [3.8, 4) is 0 Å². The number of carbonyl (C=O) groups is 3. The van der Waals surface area contributed by atoms with Gasteiger partial charge in [-0.05, 0) is 38.2 Å².